The minimum absolute atomic E-state index is 0.161. The van der Waals surface area contributed by atoms with Gasteiger partial charge in [0.25, 0.3) is 0 Å². The molecule has 3 N–H and O–H groups in total. The fourth-order valence-corrected chi connectivity index (χ4v) is 1.60. The first-order valence-corrected chi connectivity index (χ1v) is 5.83. The van der Waals surface area contributed by atoms with Gasteiger partial charge in [-0.3, -0.25) is 9.59 Å². The Morgan fingerprint density at radius 1 is 1.29 bits per heavy atom. The minimum Gasteiger partial charge on any atom is -0.366 e. The van der Waals surface area contributed by atoms with Crippen molar-refractivity contribution in [2.75, 3.05) is 5.32 Å². The number of nitrogens with two attached hydrogens (primary N) is 1. The first-order chi connectivity index (χ1) is 9.95. The Hall–Kier alpha value is -3.23. The Morgan fingerprint density at radius 2 is 1.95 bits per heavy atom. The van der Waals surface area contributed by atoms with Gasteiger partial charge in [0.05, 0.1) is 17.4 Å². The topological polar surface area (TPSA) is 133 Å². The van der Waals surface area contributed by atoms with E-state index in [4.69, 9.17) is 5.73 Å². The molecule has 21 heavy (non-hydrogen) atoms. The third kappa shape index (κ3) is 3.62. The van der Waals surface area contributed by atoms with Crippen molar-refractivity contribution >= 4 is 23.3 Å². The van der Waals surface area contributed by atoms with Gasteiger partial charge in [-0.2, -0.15) is 4.68 Å². The number of rotatable bonds is 5. The van der Waals surface area contributed by atoms with E-state index in [9.17, 15) is 19.7 Å². The van der Waals surface area contributed by atoms with Crippen molar-refractivity contribution in [3.63, 3.8) is 0 Å². The van der Waals surface area contributed by atoms with Gasteiger partial charge in [-0.1, -0.05) is 0 Å². The normalized spacial score (nSPS) is 10.1. The van der Waals surface area contributed by atoms with Gasteiger partial charge in [0.2, 0.25) is 11.8 Å². The summed E-state index contributed by atoms with van der Waals surface area (Å²) in [7, 11) is 0. The van der Waals surface area contributed by atoms with Gasteiger partial charge < -0.3 is 21.2 Å². The second-order valence-electron chi connectivity index (χ2n) is 4.12. The fraction of sp³-hybridized carbons (Fsp3) is 0.0833. The maximum absolute atomic E-state index is 11.7. The number of nitrogens with one attached hydrogen (secondary N) is 1. The third-order valence-electron chi connectivity index (χ3n) is 2.57. The van der Waals surface area contributed by atoms with Gasteiger partial charge in [-0.15, -0.1) is 0 Å². The molecule has 0 bridgehead atoms. The molecule has 0 aliphatic heterocycles. The van der Waals surface area contributed by atoms with Crippen LogP contribution in [-0.2, 0) is 11.3 Å². The zero-order valence-corrected chi connectivity index (χ0v) is 10.7. The summed E-state index contributed by atoms with van der Waals surface area (Å²) < 4.78 is 1.16. The predicted molar refractivity (Wildman–Crippen MR) is 72.5 cm³/mol. The number of amides is 2. The fourth-order valence-electron chi connectivity index (χ4n) is 1.60. The molecule has 0 aliphatic rings. The lowest BCUT2D eigenvalue weighted by Crippen LogP contribution is -2.19. The highest BCUT2D eigenvalue weighted by Gasteiger charge is 2.13. The maximum Gasteiger partial charge on any atom is 0.389 e. The van der Waals surface area contributed by atoms with Crippen LogP contribution in [0.5, 0.6) is 0 Å². The van der Waals surface area contributed by atoms with Crippen LogP contribution in [0.25, 0.3) is 0 Å². The van der Waals surface area contributed by atoms with E-state index in [0.717, 1.165) is 4.68 Å². The molecule has 2 rings (SSSR count). The van der Waals surface area contributed by atoms with Gasteiger partial charge in [0, 0.05) is 11.3 Å². The molecular weight excluding hydrogens is 278 g/mol. The molecule has 9 nitrogen and oxygen atoms in total. The first kappa shape index (κ1) is 14.2. The van der Waals surface area contributed by atoms with Crippen LogP contribution in [0.2, 0.25) is 0 Å². The van der Waals surface area contributed by atoms with E-state index in [0.29, 0.717) is 11.3 Å². The third-order valence-corrected chi connectivity index (χ3v) is 2.57. The number of hydrogen-bond acceptors (Lipinski definition) is 5. The van der Waals surface area contributed by atoms with E-state index in [1.807, 2.05) is 0 Å². The largest absolute Gasteiger partial charge is 0.389 e. The van der Waals surface area contributed by atoms with Crippen LogP contribution < -0.4 is 11.1 Å². The molecule has 2 aromatic rings. The number of nitro groups is 1. The Kier molecular flexibility index (Phi) is 3.93. The molecule has 0 atom stereocenters. The number of aromatic nitrogens is 2. The molecule has 2 amide bonds. The number of carbonyl (C=O) groups excluding carboxylic acids is 2. The number of carbonyl (C=O) groups is 2. The van der Waals surface area contributed by atoms with Crippen LogP contribution in [0.3, 0.4) is 0 Å². The van der Waals surface area contributed by atoms with Gasteiger partial charge in [-0.05, 0) is 29.2 Å². The molecule has 1 heterocycles. The molecule has 1 aromatic carbocycles. The summed E-state index contributed by atoms with van der Waals surface area (Å²) in [5.74, 6) is -1.29. The SMILES string of the molecule is NC(=O)c1ccc(NC(=O)Cn2ccc([N+](=O)[O-])n2)cc1. The van der Waals surface area contributed by atoms with Crippen LogP contribution in [0.1, 0.15) is 10.4 Å². The van der Waals surface area contributed by atoms with E-state index in [1.165, 1.54) is 36.5 Å². The Balaban J connectivity index is 1.97. The van der Waals surface area contributed by atoms with Gasteiger partial charge in [0.15, 0.2) is 0 Å². The van der Waals surface area contributed by atoms with Crippen molar-refractivity contribution in [3.8, 4) is 0 Å². The van der Waals surface area contributed by atoms with Crippen molar-refractivity contribution in [2.45, 2.75) is 6.54 Å². The Morgan fingerprint density at radius 3 is 2.48 bits per heavy atom. The summed E-state index contributed by atoms with van der Waals surface area (Å²) in [6, 6.07) is 7.23. The van der Waals surface area contributed by atoms with Crippen molar-refractivity contribution in [2.24, 2.45) is 5.73 Å². The molecular formula is C12H11N5O4. The van der Waals surface area contributed by atoms with Crippen molar-refractivity contribution in [1.82, 2.24) is 9.78 Å². The van der Waals surface area contributed by atoms with Crippen LogP contribution in [0.15, 0.2) is 36.5 Å². The molecule has 0 saturated carbocycles. The molecule has 9 heteroatoms. The quantitative estimate of drug-likeness (QED) is 0.611. The van der Waals surface area contributed by atoms with Gasteiger partial charge in [0.1, 0.15) is 6.54 Å². The first-order valence-electron chi connectivity index (χ1n) is 5.83. The number of nitrogens with zero attached hydrogens (tertiary/aromatic N) is 3. The highest BCUT2D eigenvalue weighted by atomic mass is 16.6. The summed E-state index contributed by atoms with van der Waals surface area (Å²) in [5, 5.41) is 16.7. The second-order valence-corrected chi connectivity index (χ2v) is 4.12. The summed E-state index contributed by atoms with van der Waals surface area (Å²) in [4.78, 5) is 32.5. The van der Waals surface area contributed by atoms with E-state index >= 15 is 0 Å². The predicted octanol–water partition coefficient (Wildman–Crippen LogP) is 0.529. The highest BCUT2D eigenvalue weighted by Crippen LogP contribution is 2.10. The summed E-state index contributed by atoms with van der Waals surface area (Å²) in [5.41, 5.74) is 5.91. The van der Waals surface area contributed by atoms with Crippen molar-refractivity contribution < 1.29 is 14.5 Å². The molecule has 1 aromatic heterocycles. The molecule has 0 unspecified atom stereocenters. The lowest BCUT2D eigenvalue weighted by atomic mass is 10.2. The van der Waals surface area contributed by atoms with Crippen LogP contribution in [-0.4, -0.2) is 26.5 Å². The zero-order valence-electron chi connectivity index (χ0n) is 10.7. The van der Waals surface area contributed by atoms with Crippen LogP contribution in [0.4, 0.5) is 11.5 Å². The average molecular weight is 289 g/mol. The molecule has 0 spiro atoms. The summed E-state index contributed by atoms with van der Waals surface area (Å²) in [6.45, 7) is -0.161. The lowest BCUT2D eigenvalue weighted by molar-refractivity contribution is -0.389. The molecule has 0 fully saturated rings. The number of primary amides is 1. The standard InChI is InChI=1S/C12H11N5O4/c13-12(19)8-1-3-9(4-2-8)14-11(18)7-16-6-5-10(15-16)17(20)21/h1-6H,7H2,(H2,13,19)(H,14,18). The van der Waals surface area contributed by atoms with Crippen molar-refractivity contribution in [3.05, 3.63) is 52.2 Å². The number of benzene rings is 1. The maximum atomic E-state index is 11.7. The molecule has 0 radical (unpaired) electrons. The molecule has 0 aliphatic carbocycles. The number of anilines is 1. The van der Waals surface area contributed by atoms with Gasteiger partial charge in [-0.25, -0.2) is 0 Å². The Labute approximate surface area is 118 Å². The average Bonchev–Trinajstić information content (AvgIpc) is 2.87. The minimum atomic E-state index is -0.642. The molecule has 108 valence electrons. The smallest absolute Gasteiger partial charge is 0.366 e. The summed E-state index contributed by atoms with van der Waals surface area (Å²) >= 11 is 0. The lowest BCUT2D eigenvalue weighted by Gasteiger charge is -2.04. The van der Waals surface area contributed by atoms with E-state index < -0.39 is 16.7 Å². The monoisotopic (exact) mass is 289 g/mol. The van der Waals surface area contributed by atoms with E-state index in [-0.39, 0.29) is 12.4 Å². The zero-order chi connectivity index (χ0) is 15.4. The summed E-state index contributed by atoms with van der Waals surface area (Å²) in [6.07, 6.45) is 1.34. The second kappa shape index (κ2) is 5.82. The Bertz CT molecular complexity index is 692. The van der Waals surface area contributed by atoms with Crippen LogP contribution >= 0.6 is 0 Å². The van der Waals surface area contributed by atoms with Crippen LogP contribution in [0, 0.1) is 10.1 Å². The molecule has 0 saturated heterocycles. The number of hydrogen-bond donors (Lipinski definition) is 2. The highest BCUT2D eigenvalue weighted by molar-refractivity contribution is 5.94. The van der Waals surface area contributed by atoms with E-state index in [1.54, 1.807) is 0 Å². The van der Waals surface area contributed by atoms with Gasteiger partial charge >= 0.3 is 5.82 Å². The van der Waals surface area contributed by atoms with Crippen molar-refractivity contribution in [1.29, 1.82) is 0 Å². The van der Waals surface area contributed by atoms with E-state index in [2.05, 4.69) is 10.4 Å².